The summed E-state index contributed by atoms with van der Waals surface area (Å²) in [6, 6.07) is 8.09. The van der Waals surface area contributed by atoms with Crippen molar-refractivity contribution < 1.29 is 17.7 Å². The van der Waals surface area contributed by atoms with Crippen molar-refractivity contribution in [1.29, 1.82) is 0 Å². The van der Waals surface area contributed by atoms with Crippen molar-refractivity contribution in [2.75, 3.05) is 26.2 Å². The summed E-state index contributed by atoms with van der Waals surface area (Å²) in [7, 11) is -4.05. The summed E-state index contributed by atoms with van der Waals surface area (Å²) < 4.78 is 35.7. The molecular weight excluding hydrogens is 390 g/mol. The summed E-state index contributed by atoms with van der Waals surface area (Å²) in [6.07, 6.45) is 6.32. The first kappa shape index (κ1) is 23.7. The Labute approximate surface area is 174 Å². The molecule has 2 aliphatic rings. The number of benzene rings is 1. The van der Waals surface area contributed by atoms with Gasteiger partial charge in [-0.1, -0.05) is 43.9 Å². The number of hydrogen-bond acceptors (Lipinski definition) is 6. The minimum atomic E-state index is -4.05. The van der Waals surface area contributed by atoms with Crippen LogP contribution in [0, 0.1) is 13.8 Å². The molecule has 1 aromatic rings. The first-order valence-electron chi connectivity index (χ1n) is 10.3. The Kier molecular flexibility index (Phi) is 9.46. The molecular formula is C21H33N3O4S. The van der Waals surface area contributed by atoms with Crippen molar-refractivity contribution in [2.24, 2.45) is 9.98 Å². The van der Waals surface area contributed by atoms with Crippen LogP contribution in [0.1, 0.15) is 50.2 Å². The first-order chi connectivity index (χ1) is 13.8. The van der Waals surface area contributed by atoms with Crippen LogP contribution in [0.5, 0.6) is 0 Å². The third-order valence-electron chi connectivity index (χ3n) is 5.20. The van der Waals surface area contributed by atoms with Crippen molar-refractivity contribution in [2.45, 2.75) is 70.0 Å². The molecule has 1 aliphatic carbocycles. The number of nitrogens with zero attached hydrogens (tertiary/aromatic N) is 3. The lowest BCUT2D eigenvalue weighted by Crippen LogP contribution is -2.41. The molecule has 0 amide bonds. The number of likely N-dealkylation sites (N-methyl/N-ethyl adjacent to an activating group) is 1. The van der Waals surface area contributed by atoms with Crippen molar-refractivity contribution in [1.82, 2.24) is 4.90 Å². The standard InChI is InChI=1S/C13H23N3O.C8H10O3S/c1-2-16-8-9-17-13(10-16)15-11-14-12-6-4-3-5-7-12;1-6-3-4-8(7(2)5-6)12(9,10)11/h12-13H,2-10H2,1H3;3-5H,1-2H3,(H,9,10,11). The first-order valence-corrected chi connectivity index (χ1v) is 11.8. The molecule has 1 saturated carbocycles. The molecule has 29 heavy (non-hydrogen) atoms. The molecule has 7 nitrogen and oxygen atoms in total. The summed E-state index contributed by atoms with van der Waals surface area (Å²) in [5, 5.41) is 0. The molecule has 1 aliphatic heterocycles. The van der Waals surface area contributed by atoms with E-state index >= 15 is 0 Å². The second-order valence-electron chi connectivity index (χ2n) is 7.61. The monoisotopic (exact) mass is 423 g/mol. The van der Waals surface area contributed by atoms with Gasteiger partial charge in [-0.05, 0) is 44.9 Å². The van der Waals surface area contributed by atoms with Crippen molar-refractivity contribution in [3.8, 4) is 0 Å². The van der Waals surface area contributed by atoms with Crippen LogP contribution in [0.2, 0.25) is 0 Å². The van der Waals surface area contributed by atoms with Gasteiger partial charge < -0.3 is 4.74 Å². The average molecular weight is 424 g/mol. The highest BCUT2D eigenvalue weighted by molar-refractivity contribution is 7.85. The fraction of sp³-hybridized carbons (Fsp3) is 0.667. The molecule has 1 heterocycles. The van der Waals surface area contributed by atoms with Crippen molar-refractivity contribution in [3.63, 3.8) is 0 Å². The van der Waals surface area contributed by atoms with Gasteiger partial charge in [0, 0.05) is 13.1 Å². The molecule has 8 heteroatoms. The third kappa shape index (κ3) is 8.36. The zero-order valence-electron chi connectivity index (χ0n) is 17.7. The number of hydrogen-bond donors (Lipinski definition) is 1. The highest BCUT2D eigenvalue weighted by atomic mass is 32.2. The Balaban J connectivity index is 0.000000221. The Morgan fingerprint density at radius 1 is 1.21 bits per heavy atom. The highest BCUT2D eigenvalue weighted by Crippen LogP contribution is 2.19. The quantitative estimate of drug-likeness (QED) is 0.589. The molecule has 0 bridgehead atoms. The van der Waals surface area contributed by atoms with Crippen LogP contribution < -0.4 is 0 Å². The molecule has 1 aromatic carbocycles. The Morgan fingerprint density at radius 3 is 2.55 bits per heavy atom. The second kappa shape index (κ2) is 11.6. The fourth-order valence-corrected chi connectivity index (χ4v) is 4.23. The lowest BCUT2D eigenvalue weighted by Gasteiger charge is -2.29. The van der Waals surface area contributed by atoms with E-state index in [9.17, 15) is 8.42 Å². The Hall–Kier alpha value is -1.57. The SMILES string of the molecule is CCN1CCOC(N=C=NC2CCCCC2)C1.Cc1ccc(S(=O)(=O)O)c(C)c1. The number of ether oxygens (including phenoxy) is 1. The lowest BCUT2D eigenvalue weighted by atomic mass is 9.96. The van der Waals surface area contributed by atoms with Gasteiger partial charge in [0.05, 0.1) is 23.6 Å². The maximum Gasteiger partial charge on any atom is 0.294 e. The van der Waals surface area contributed by atoms with E-state index in [1.807, 2.05) is 6.92 Å². The van der Waals surface area contributed by atoms with Gasteiger partial charge in [0.25, 0.3) is 10.1 Å². The van der Waals surface area contributed by atoms with Crippen LogP contribution in [-0.2, 0) is 14.9 Å². The third-order valence-corrected chi connectivity index (χ3v) is 6.22. The molecule has 1 unspecified atom stereocenters. The van der Waals surface area contributed by atoms with Gasteiger partial charge >= 0.3 is 0 Å². The zero-order chi connectivity index (χ0) is 21.3. The van der Waals surface area contributed by atoms with Crippen LogP contribution in [0.25, 0.3) is 0 Å². The maximum atomic E-state index is 10.7. The number of aliphatic imine (C=N–C) groups is 2. The molecule has 1 N–H and O–H groups in total. The molecule has 1 atom stereocenters. The predicted molar refractivity (Wildman–Crippen MR) is 114 cm³/mol. The van der Waals surface area contributed by atoms with Gasteiger partial charge in [-0.15, -0.1) is 0 Å². The zero-order valence-corrected chi connectivity index (χ0v) is 18.5. The Morgan fingerprint density at radius 2 is 1.93 bits per heavy atom. The van der Waals surface area contributed by atoms with E-state index in [-0.39, 0.29) is 11.1 Å². The summed E-state index contributed by atoms with van der Waals surface area (Å²) in [5.41, 5.74) is 1.54. The summed E-state index contributed by atoms with van der Waals surface area (Å²) in [6.45, 7) is 9.41. The van der Waals surface area contributed by atoms with E-state index in [1.54, 1.807) is 19.1 Å². The van der Waals surface area contributed by atoms with Gasteiger partial charge in [-0.25, -0.2) is 4.99 Å². The van der Waals surface area contributed by atoms with E-state index in [0.717, 1.165) is 31.8 Å². The van der Waals surface area contributed by atoms with Crippen LogP contribution in [0.3, 0.4) is 0 Å². The fourth-order valence-electron chi connectivity index (χ4n) is 3.53. The maximum absolute atomic E-state index is 10.7. The van der Waals surface area contributed by atoms with Gasteiger partial charge in [0.2, 0.25) is 0 Å². The van der Waals surface area contributed by atoms with Crippen molar-refractivity contribution in [3.05, 3.63) is 29.3 Å². The van der Waals surface area contributed by atoms with Gasteiger partial charge in [-0.2, -0.15) is 13.4 Å². The second-order valence-corrected chi connectivity index (χ2v) is 9.00. The molecule has 0 aromatic heterocycles. The van der Waals surface area contributed by atoms with Gasteiger partial charge in [-0.3, -0.25) is 9.45 Å². The molecule has 162 valence electrons. The van der Waals surface area contributed by atoms with E-state index in [1.165, 1.54) is 38.2 Å². The number of rotatable bonds is 4. The molecule has 0 radical (unpaired) electrons. The minimum Gasteiger partial charge on any atom is -0.353 e. The van der Waals surface area contributed by atoms with Crippen LogP contribution in [0.15, 0.2) is 33.1 Å². The van der Waals surface area contributed by atoms with Gasteiger partial charge in [0.15, 0.2) is 6.23 Å². The van der Waals surface area contributed by atoms with E-state index in [2.05, 4.69) is 27.8 Å². The Bertz CT molecular complexity index is 813. The summed E-state index contributed by atoms with van der Waals surface area (Å²) in [4.78, 5) is 11.0. The van der Waals surface area contributed by atoms with Crippen LogP contribution >= 0.6 is 0 Å². The summed E-state index contributed by atoms with van der Waals surface area (Å²) in [5.74, 6) is 0. The average Bonchev–Trinajstić information content (AvgIpc) is 2.68. The minimum absolute atomic E-state index is 0.0203. The normalized spacial score (nSPS) is 20.9. The van der Waals surface area contributed by atoms with Crippen LogP contribution in [0.4, 0.5) is 0 Å². The topological polar surface area (TPSA) is 91.6 Å². The molecule has 2 fully saturated rings. The highest BCUT2D eigenvalue weighted by Gasteiger charge is 2.18. The van der Waals surface area contributed by atoms with E-state index in [0.29, 0.717) is 11.6 Å². The smallest absolute Gasteiger partial charge is 0.294 e. The van der Waals surface area contributed by atoms with Gasteiger partial charge in [0.1, 0.15) is 0 Å². The van der Waals surface area contributed by atoms with E-state index < -0.39 is 10.1 Å². The predicted octanol–water partition coefficient (Wildman–Crippen LogP) is 3.72. The van der Waals surface area contributed by atoms with E-state index in [4.69, 9.17) is 9.29 Å². The van der Waals surface area contributed by atoms with Crippen LogP contribution in [-0.4, -0.2) is 62.4 Å². The largest absolute Gasteiger partial charge is 0.353 e. The number of aryl methyl sites for hydroxylation is 2. The van der Waals surface area contributed by atoms with Crippen molar-refractivity contribution >= 4 is 16.1 Å². The molecule has 0 spiro atoms. The molecule has 3 rings (SSSR count). The number of morpholine rings is 1. The lowest BCUT2D eigenvalue weighted by molar-refractivity contribution is -0.0209. The summed E-state index contributed by atoms with van der Waals surface area (Å²) >= 11 is 0. The molecule has 1 saturated heterocycles.